The number of aryl methyl sites for hydroxylation is 2. The highest BCUT2D eigenvalue weighted by Gasteiger charge is 2.07. The van der Waals surface area contributed by atoms with Gasteiger partial charge in [0.1, 0.15) is 6.54 Å². The number of amides is 2. The molecule has 0 radical (unpaired) electrons. The molecule has 2 amide bonds. The van der Waals surface area contributed by atoms with E-state index in [9.17, 15) is 14.4 Å². The van der Waals surface area contributed by atoms with Gasteiger partial charge in [-0.05, 0) is 36.6 Å². The Balaban J connectivity index is 1.78. The number of benzene rings is 2. The van der Waals surface area contributed by atoms with Crippen molar-refractivity contribution in [3.63, 3.8) is 0 Å². The molecule has 0 saturated carbocycles. The maximum atomic E-state index is 12.0. The standard InChI is InChI=1S/C20H22N2O4/c1-14-2-4-15(5-3-14)8-11-18(23)22-17-9-6-16(7-10-17)12-19(24)21-13-20(25)26/h2-7,9-10H,8,11-13H2,1H3,(H,21,24)(H,22,23)(H,25,26). The van der Waals surface area contributed by atoms with E-state index in [0.717, 1.165) is 11.1 Å². The van der Waals surface area contributed by atoms with Gasteiger partial charge in [-0.25, -0.2) is 0 Å². The zero-order valence-corrected chi connectivity index (χ0v) is 14.6. The predicted molar refractivity (Wildman–Crippen MR) is 98.9 cm³/mol. The number of anilines is 1. The van der Waals surface area contributed by atoms with E-state index in [4.69, 9.17) is 5.11 Å². The molecule has 136 valence electrons. The Kier molecular flexibility index (Phi) is 6.91. The maximum absolute atomic E-state index is 12.0. The summed E-state index contributed by atoms with van der Waals surface area (Å²) in [5.74, 6) is -1.51. The second-order valence-corrected chi connectivity index (χ2v) is 6.08. The van der Waals surface area contributed by atoms with Gasteiger partial charge in [-0.3, -0.25) is 14.4 Å². The molecule has 0 aliphatic rings. The molecule has 2 aromatic carbocycles. The zero-order valence-electron chi connectivity index (χ0n) is 14.6. The van der Waals surface area contributed by atoms with Gasteiger partial charge in [-0.15, -0.1) is 0 Å². The van der Waals surface area contributed by atoms with Crippen molar-refractivity contribution < 1.29 is 19.5 Å². The summed E-state index contributed by atoms with van der Waals surface area (Å²) in [5.41, 5.74) is 3.71. The molecule has 0 bridgehead atoms. The van der Waals surface area contributed by atoms with Crippen LogP contribution in [0.2, 0.25) is 0 Å². The summed E-state index contributed by atoms with van der Waals surface area (Å²) in [6.45, 7) is 1.63. The minimum absolute atomic E-state index is 0.0717. The topological polar surface area (TPSA) is 95.5 Å². The summed E-state index contributed by atoms with van der Waals surface area (Å²) >= 11 is 0. The second-order valence-electron chi connectivity index (χ2n) is 6.08. The number of carboxylic acids is 1. The van der Waals surface area contributed by atoms with Gasteiger partial charge in [-0.1, -0.05) is 42.0 Å². The summed E-state index contributed by atoms with van der Waals surface area (Å²) < 4.78 is 0. The molecule has 6 heteroatoms. The van der Waals surface area contributed by atoms with Crippen LogP contribution in [0, 0.1) is 6.92 Å². The molecule has 0 aromatic heterocycles. The third-order valence-electron chi connectivity index (χ3n) is 3.80. The first-order valence-corrected chi connectivity index (χ1v) is 8.35. The Morgan fingerprint density at radius 2 is 1.50 bits per heavy atom. The minimum Gasteiger partial charge on any atom is -0.480 e. The van der Waals surface area contributed by atoms with Crippen molar-refractivity contribution >= 4 is 23.5 Å². The molecule has 2 rings (SSSR count). The number of hydrogen-bond acceptors (Lipinski definition) is 3. The fourth-order valence-electron chi connectivity index (χ4n) is 2.36. The molecule has 0 saturated heterocycles. The second kappa shape index (κ2) is 9.36. The smallest absolute Gasteiger partial charge is 0.322 e. The van der Waals surface area contributed by atoms with E-state index in [1.54, 1.807) is 24.3 Å². The van der Waals surface area contributed by atoms with Crippen LogP contribution < -0.4 is 10.6 Å². The lowest BCUT2D eigenvalue weighted by atomic mass is 10.1. The molecule has 3 N–H and O–H groups in total. The first-order chi connectivity index (χ1) is 12.4. The van der Waals surface area contributed by atoms with Crippen molar-refractivity contribution in [3.05, 3.63) is 65.2 Å². The summed E-state index contributed by atoms with van der Waals surface area (Å²) in [5, 5.41) is 13.7. The van der Waals surface area contributed by atoms with Crippen LogP contribution in [-0.2, 0) is 27.2 Å². The van der Waals surface area contributed by atoms with E-state index >= 15 is 0 Å². The van der Waals surface area contributed by atoms with Crippen LogP contribution >= 0.6 is 0 Å². The Hall–Kier alpha value is -3.15. The lowest BCUT2D eigenvalue weighted by Gasteiger charge is -2.07. The van der Waals surface area contributed by atoms with Crippen LogP contribution in [0.3, 0.4) is 0 Å². The van der Waals surface area contributed by atoms with Crippen LogP contribution in [0.25, 0.3) is 0 Å². The minimum atomic E-state index is -1.08. The number of nitrogens with one attached hydrogen (secondary N) is 2. The molecule has 6 nitrogen and oxygen atoms in total. The Bertz CT molecular complexity index is 767. The number of carbonyl (C=O) groups is 3. The van der Waals surface area contributed by atoms with E-state index < -0.39 is 12.5 Å². The SMILES string of the molecule is Cc1ccc(CCC(=O)Nc2ccc(CC(=O)NCC(=O)O)cc2)cc1. The first-order valence-electron chi connectivity index (χ1n) is 8.35. The highest BCUT2D eigenvalue weighted by molar-refractivity contribution is 5.91. The van der Waals surface area contributed by atoms with Crippen molar-refractivity contribution in [3.8, 4) is 0 Å². The number of carbonyl (C=O) groups excluding carboxylic acids is 2. The molecule has 2 aromatic rings. The van der Waals surface area contributed by atoms with Crippen molar-refractivity contribution in [2.75, 3.05) is 11.9 Å². The molecular weight excluding hydrogens is 332 g/mol. The molecule has 0 unspecified atom stereocenters. The van der Waals surface area contributed by atoms with Gasteiger partial charge in [0.15, 0.2) is 0 Å². The van der Waals surface area contributed by atoms with Gasteiger partial charge < -0.3 is 15.7 Å². The Morgan fingerprint density at radius 1 is 0.885 bits per heavy atom. The third kappa shape index (κ3) is 6.76. The Morgan fingerprint density at radius 3 is 2.12 bits per heavy atom. The van der Waals surface area contributed by atoms with Crippen LogP contribution in [0.5, 0.6) is 0 Å². The molecule has 0 fully saturated rings. The maximum Gasteiger partial charge on any atom is 0.322 e. The van der Waals surface area contributed by atoms with Crippen LogP contribution in [0.1, 0.15) is 23.1 Å². The summed E-state index contributed by atoms with van der Waals surface area (Å²) in [6.07, 6.45) is 1.16. The van der Waals surface area contributed by atoms with E-state index in [0.29, 0.717) is 18.5 Å². The number of carboxylic acid groups (broad SMARTS) is 1. The monoisotopic (exact) mass is 354 g/mol. The fourth-order valence-corrected chi connectivity index (χ4v) is 2.36. The molecule has 26 heavy (non-hydrogen) atoms. The molecule has 0 atom stereocenters. The van der Waals surface area contributed by atoms with Crippen molar-refractivity contribution in [1.29, 1.82) is 0 Å². The number of rotatable bonds is 8. The largest absolute Gasteiger partial charge is 0.480 e. The van der Waals surface area contributed by atoms with E-state index in [1.807, 2.05) is 31.2 Å². The van der Waals surface area contributed by atoms with E-state index in [2.05, 4.69) is 10.6 Å². The van der Waals surface area contributed by atoms with Crippen molar-refractivity contribution in [2.24, 2.45) is 0 Å². The lowest BCUT2D eigenvalue weighted by Crippen LogP contribution is -2.30. The van der Waals surface area contributed by atoms with Crippen molar-refractivity contribution in [2.45, 2.75) is 26.2 Å². The first kappa shape index (κ1) is 19.2. The van der Waals surface area contributed by atoms with E-state index in [1.165, 1.54) is 5.56 Å². The normalized spacial score (nSPS) is 10.2. The van der Waals surface area contributed by atoms with Gasteiger partial charge in [0, 0.05) is 12.1 Å². The predicted octanol–water partition coefficient (Wildman–Crippen LogP) is 2.31. The van der Waals surface area contributed by atoms with Gasteiger partial charge >= 0.3 is 5.97 Å². The summed E-state index contributed by atoms with van der Waals surface area (Å²) in [7, 11) is 0. The average molecular weight is 354 g/mol. The quantitative estimate of drug-likeness (QED) is 0.678. The van der Waals surface area contributed by atoms with Gasteiger partial charge in [-0.2, -0.15) is 0 Å². The van der Waals surface area contributed by atoms with Crippen LogP contribution in [0.4, 0.5) is 5.69 Å². The highest BCUT2D eigenvalue weighted by atomic mass is 16.4. The van der Waals surface area contributed by atoms with Crippen molar-refractivity contribution in [1.82, 2.24) is 5.32 Å². The molecule has 0 spiro atoms. The van der Waals surface area contributed by atoms with Crippen LogP contribution in [0.15, 0.2) is 48.5 Å². The average Bonchev–Trinajstić information content (AvgIpc) is 2.61. The third-order valence-corrected chi connectivity index (χ3v) is 3.80. The highest BCUT2D eigenvalue weighted by Crippen LogP contribution is 2.12. The molecular formula is C20H22N2O4. The molecule has 0 aliphatic carbocycles. The molecule has 0 aliphatic heterocycles. The van der Waals surface area contributed by atoms with E-state index in [-0.39, 0.29) is 18.2 Å². The van der Waals surface area contributed by atoms with Gasteiger partial charge in [0.25, 0.3) is 0 Å². The number of hydrogen-bond donors (Lipinski definition) is 3. The van der Waals surface area contributed by atoms with Gasteiger partial charge in [0.2, 0.25) is 11.8 Å². The van der Waals surface area contributed by atoms with Gasteiger partial charge in [0.05, 0.1) is 6.42 Å². The van der Waals surface area contributed by atoms with Crippen LogP contribution in [-0.4, -0.2) is 29.4 Å². The summed E-state index contributed by atoms with van der Waals surface area (Å²) in [6, 6.07) is 15.0. The fraction of sp³-hybridized carbons (Fsp3) is 0.250. The number of aliphatic carboxylic acids is 1. The molecule has 0 heterocycles. The zero-order chi connectivity index (χ0) is 18.9. The summed E-state index contributed by atoms with van der Waals surface area (Å²) in [4.78, 5) is 34.0. The Labute approximate surface area is 152 Å². The lowest BCUT2D eigenvalue weighted by molar-refractivity contribution is -0.137.